The highest BCUT2D eigenvalue weighted by atomic mass is 16.5. The van der Waals surface area contributed by atoms with Crippen LogP contribution in [0.15, 0.2) is 61.3 Å². The number of aromatic amines is 1. The number of amides is 1. The molecular formula is C28H42N2O4. The molecule has 0 aliphatic rings. The molecule has 0 radical (unpaired) electrons. The summed E-state index contributed by atoms with van der Waals surface area (Å²) in [6.07, 6.45) is 5.79. The molecule has 2 N–H and O–H groups in total. The second-order valence-corrected chi connectivity index (χ2v) is 8.39. The molecule has 1 atom stereocenters. The Morgan fingerprint density at radius 2 is 1.76 bits per heavy atom. The van der Waals surface area contributed by atoms with Crippen molar-refractivity contribution < 1.29 is 19.1 Å². The normalized spacial score (nSPS) is 10.6. The monoisotopic (exact) mass is 470 g/mol. The van der Waals surface area contributed by atoms with Crippen molar-refractivity contribution in [3.05, 3.63) is 72.6 Å². The van der Waals surface area contributed by atoms with Crippen molar-refractivity contribution in [3.8, 4) is 0 Å². The van der Waals surface area contributed by atoms with Crippen molar-refractivity contribution in [2.24, 2.45) is 11.8 Å². The van der Waals surface area contributed by atoms with Crippen molar-refractivity contribution in [1.29, 1.82) is 0 Å². The van der Waals surface area contributed by atoms with Crippen molar-refractivity contribution in [2.75, 3.05) is 13.2 Å². The van der Waals surface area contributed by atoms with E-state index in [1.165, 1.54) is 5.56 Å². The summed E-state index contributed by atoms with van der Waals surface area (Å²) in [5.41, 5.74) is 1.78. The Kier molecular flexibility index (Phi) is 17.5. The lowest BCUT2D eigenvalue weighted by Gasteiger charge is -2.18. The van der Waals surface area contributed by atoms with Crippen molar-refractivity contribution in [3.63, 3.8) is 0 Å². The number of aromatic nitrogens is 1. The smallest absolute Gasteiger partial charge is 0.306 e. The van der Waals surface area contributed by atoms with E-state index in [9.17, 15) is 14.4 Å². The number of ketones is 1. The summed E-state index contributed by atoms with van der Waals surface area (Å²) in [4.78, 5) is 38.9. The zero-order chi connectivity index (χ0) is 25.8. The van der Waals surface area contributed by atoms with Crippen LogP contribution in [0.2, 0.25) is 0 Å². The van der Waals surface area contributed by atoms with Gasteiger partial charge in [0.25, 0.3) is 0 Å². The number of esters is 1. The number of carbonyl (C=O) groups excluding carboxylic acids is 3. The second-order valence-electron chi connectivity index (χ2n) is 8.39. The summed E-state index contributed by atoms with van der Waals surface area (Å²) in [5, 5.41) is 2.63. The van der Waals surface area contributed by atoms with Crippen LogP contribution in [-0.2, 0) is 14.3 Å². The molecule has 2 aromatic rings. The van der Waals surface area contributed by atoms with Gasteiger partial charge in [-0.2, -0.15) is 0 Å². The van der Waals surface area contributed by atoms with Gasteiger partial charge in [0.2, 0.25) is 5.91 Å². The Morgan fingerprint density at radius 1 is 1.12 bits per heavy atom. The predicted molar refractivity (Wildman–Crippen MR) is 139 cm³/mol. The summed E-state index contributed by atoms with van der Waals surface area (Å²) in [5.74, 6) is -1.04. The standard InChI is InChI=1S/C18H28N2O4.C7H8.C3H6/c1-4-5-9-24-17(22)11-14(10-13(2)3)18(23)20-12-16(21)15-7-6-8-19-15;1-7-5-3-2-4-6-7;1-3-2/h6-8,13-14,19H,4-5,9-12H2,1-3H3,(H,20,23);2-6H,1H3;3H,1H2,2H3/t14-;;/m1../s1. The molecule has 0 aliphatic carbocycles. The predicted octanol–water partition coefficient (Wildman–Crippen LogP) is 5.90. The van der Waals surface area contributed by atoms with Crippen LogP contribution in [0, 0.1) is 18.8 Å². The molecule has 1 aromatic heterocycles. The third-order valence-corrected chi connectivity index (χ3v) is 4.56. The molecule has 0 bridgehead atoms. The van der Waals surface area contributed by atoms with Crippen LogP contribution in [0.1, 0.15) is 69.4 Å². The third-order valence-electron chi connectivity index (χ3n) is 4.56. The maximum Gasteiger partial charge on any atom is 0.306 e. The number of carbonyl (C=O) groups is 3. The van der Waals surface area contributed by atoms with Gasteiger partial charge in [-0.1, -0.05) is 69.2 Å². The van der Waals surface area contributed by atoms with Gasteiger partial charge in [0.15, 0.2) is 5.78 Å². The van der Waals surface area contributed by atoms with E-state index in [4.69, 9.17) is 4.74 Å². The molecule has 0 fully saturated rings. The second kappa shape index (κ2) is 19.3. The molecule has 0 aliphatic heterocycles. The van der Waals surface area contributed by atoms with Gasteiger partial charge in [-0.05, 0) is 44.7 Å². The summed E-state index contributed by atoms with van der Waals surface area (Å²) in [7, 11) is 0. The average Bonchev–Trinajstić information content (AvgIpc) is 3.33. The van der Waals surface area contributed by atoms with Gasteiger partial charge < -0.3 is 15.0 Å². The quantitative estimate of drug-likeness (QED) is 0.185. The number of hydrogen-bond acceptors (Lipinski definition) is 4. The first kappa shape index (κ1) is 30.9. The minimum Gasteiger partial charge on any atom is -0.466 e. The minimum absolute atomic E-state index is 0.0461. The largest absolute Gasteiger partial charge is 0.466 e. The molecule has 0 unspecified atom stereocenters. The lowest BCUT2D eigenvalue weighted by molar-refractivity contribution is -0.147. The molecule has 2 rings (SSSR count). The van der Waals surface area contributed by atoms with E-state index < -0.39 is 5.92 Å². The van der Waals surface area contributed by atoms with Gasteiger partial charge in [0.05, 0.1) is 25.3 Å². The molecule has 0 spiro atoms. The van der Waals surface area contributed by atoms with Crippen molar-refractivity contribution in [1.82, 2.24) is 10.3 Å². The number of ether oxygens (including phenoxy) is 1. The number of allylic oxidation sites excluding steroid dienone is 1. The van der Waals surface area contributed by atoms with E-state index in [1.807, 2.05) is 45.9 Å². The zero-order valence-corrected chi connectivity index (χ0v) is 21.4. The number of benzene rings is 1. The number of Topliss-reactive ketones (excluding diaryl/α,β-unsaturated/α-hetero) is 1. The van der Waals surface area contributed by atoms with Gasteiger partial charge in [0.1, 0.15) is 0 Å². The third kappa shape index (κ3) is 15.6. The van der Waals surface area contributed by atoms with Crippen LogP contribution in [0.5, 0.6) is 0 Å². The molecule has 1 heterocycles. The molecular weight excluding hydrogens is 428 g/mol. The lowest BCUT2D eigenvalue weighted by Crippen LogP contribution is -2.36. The Balaban J connectivity index is 0.000000899. The number of H-pyrrole nitrogens is 1. The lowest BCUT2D eigenvalue weighted by atomic mass is 9.93. The fourth-order valence-electron chi connectivity index (χ4n) is 2.89. The number of unbranched alkanes of at least 4 members (excludes halogenated alkanes) is 1. The molecule has 188 valence electrons. The van der Waals surface area contributed by atoms with Gasteiger partial charge in [-0.25, -0.2) is 0 Å². The number of hydrogen-bond donors (Lipinski definition) is 2. The maximum atomic E-state index is 12.3. The van der Waals surface area contributed by atoms with Gasteiger partial charge in [-0.15, -0.1) is 6.58 Å². The summed E-state index contributed by atoms with van der Waals surface area (Å²) < 4.78 is 5.14. The maximum absolute atomic E-state index is 12.3. The SMILES string of the molecule is C=CC.CCCCOC(=O)C[C@@H](CC(C)C)C(=O)NCC(=O)c1ccc[nH]1.Cc1ccccc1. The molecule has 0 saturated carbocycles. The van der Waals surface area contributed by atoms with Crippen LogP contribution in [0.4, 0.5) is 0 Å². The molecule has 34 heavy (non-hydrogen) atoms. The Bertz CT molecular complexity index is 814. The van der Waals surface area contributed by atoms with Gasteiger partial charge in [0, 0.05) is 12.1 Å². The van der Waals surface area contributed by atoms with Gasteiger partial charge >= 0.3 is 5.97 Å². The summed E-state index contributed by atoms with van der Waals surface area (Å²) in [6, 6.07) is 13.6. The summed E-state index contributed by atoms with van der Waals surface area (Å²) in [6.45, 7) is 13.6. The highest BCUT2D eigenvalue weighted by Crippen LogP contribution is 2.17. The van der Waals surface area contributed by atoms with Crippen LogP contribution < -0.4 is 5.32 Å². The van der Waals surface area contributed by atoms with Crippen molar-refractivity contribution in [2.45, 2.75) is 60.3 Å². The topological polar surface area (TPSA) is 88.3 Å². The molecule has 0 saturated heterocycles. The fraction of sp³-hybridized carbons (Fsp3) is 0.464. The Hall–Kier alpha value is -3.15. The number of rotatable bonds is 11. The number of nitrogens with one attached hydrogen (secondary N) is 2. The van der Waals surface area contributed by atoms with Crippen LogP contribution >= 0.6 is 0 Å². The molecule has 6 heteroatoms. The van der Waals surface area contributed by atoms with E-state index in [0.29, 0.717) is 18.7 Å². The van der Waals surface area contributed by atoms with Crippen LogP contribution in [0.25, 0.3) is 0 Å². The first-order valence-corrected chi connectivity index (χ1v) is 11.9. The van der Waals surface area contributed by atoms with Crippen LogP contribution in [0.3, 0.4) is 0 Å². The minimum atomic E-state index is -0.476. The zero-order valence-electron chi connectivity index (χ0n) is 21.4. The Morgan fingerprint density at radius 3 is 2.24 bits per heavy atom. The highest BCUT2D eigenvalue weighted by Gasteiger charge is 2.24. The van der Waals surface area contributed by atoms with E-state index in [1.54, 1.807) is 24.4 Å². The first-order valence-electron chi connectivity index (χ1n) is 11.9. The first-order chi connectivity index (χ1) is 16.2. The summed E-state index contributed by atoms with van der Waals surface area (Å²) >= 11 is 0. The van der Waals surface area contributed by atoms with Crippen LogP contribution in [-0.4, -0.2) is 35.8 Å². The van der Waals surface area contributed by atoms with E-state index >= 15 is 0 Å². The van der Waals surface area contributed by atoms with Gasteiger partial charge in [-0.3, -0.25) is 14.4 Å². The fourth-order valence-corrected chi connectivity index (χ4v) is 2.89. The number of aryl methyl sites for hydroxylation is 1. The van der Waals surface area contributed by atoms with E-state index in [-0.39, 0.29) is 36.5 Å². The van der Waals surface area contributed by atoms with E-state index in [2.05, 4.69) is 35.9 Å². The molecule has 6 nitrogen and oxygen atoms in total. The molecule has 1 amide bonds. The average molecular weight is 471 g/mol. The molecule has 1 aromatic carbocycles. The van der Waals surface area contributed by atoms with E-state index in [0.717, 1.165) is 12.8 Å². The Labute approximate surface area is 205 Å². The van der Waals surface area contributed by atoms with Crippen molar-refractivity contribution >= 4 is 17.7 Å². The highest BCUT2D eigenvalue weighted by molar-refractivity contribution is 5.98.